The van der Waals surface area contributed by atoms with Crippen molar-refractivity contribution < 1.29 is 0 Å². The van der Waals surface area contributed by atoms with Crippen LogP contribution >= 0.6 is 0 Å². The van der Waals surface area contributed by atoms with Gasteiger partial charge in [0.25, 0.3) is 0 Å². The molecule has 1 unspecified atom stereocenters. The number of hydrogen-bond acceptors (Lipinski definition) is 0. The Morgan fingerprint density at radius 1 is 0.276 bits per heavy atom. The lowest BCUT2D eigenvalue weighted by Crippen LogP contribution is -2.22. The first kappa shape index (κ1) is 32.9. The number of hydrogen-bond donors (Lipinski definition) is 0. The first-order valence-corrected chi connectivity index (χ1v) is 20.3. The second kappa shape index (κ2) is 12.6. The zero-order valence-electron chi connectivity index (χ0n) is 32.2. The van der Waals surface area contributed by atoms with E-state index in [4.69, 9.17) is 0 Å². The second-order valence-electron chi connectivity index (χ2n) is 16.1. The molecule has 0 heteroatoms. The number of benzene rings is 11. The zero-order valence-corrected chi connectivity index (χ0v) is 32.2. The van der Waals surface area contributed by atoms with Crippen LogP contribution in [0.25, 0.3) is 98.7 Å². The summed E-state index contributed by atoms with van der Waals surface area (Å²) in [7, 11) is 0. The van der Waals surface area contributed by atoms with Gasteiger partial charge in [-0.1, -0.05) is 188 Å². The van der Waals surface area contributed by atoms with E-state index in [-0.39, 0.29) is 5.41 Å². The minimum absolute atomic E-state index is 0.294. The molecule has 11 aromatic carbocycles. The van der Waals surface area contributed by atoms with Crippen LogP contribution in [0.1, 0.15) is 23.6 Å². The quantitative estimate of drug-likeness (QED) is 0.154. The van der Waals surface area contributed by atoms with Crippen molar-refractivity contribution in [2.45, 2.75) is 12.3 Å². The van der Waals surface area contributed by atoms with Gasteiger partial charge in [-0.3, -0.25) is 0 Å². The lowest BCUT2D eigenvalue weighted by atomic mass is 9.73. The molecule has 0 radical (unpaired) electrons. The Labute approximate surface area is 338 Å². The monoisotopic (exact) mass is 734 g/mol. The van der Waals surface area contributed by atoms with Gasteiger partial charge in [-0.05, 0) is 147 Å². The van der Waals surface area contributed by atoms with Gasteiger partial charge in [0.05, 0.1) is 0 Å². The zero-order chi connectivity index (χ0) is 38.4. The SMILES string of the molecule is CC1(c2ccccc2)c2cc(-c3ccccc3-c3cccc(-c4ccc5ccc6c(-c7ccccc7)ccc7ccc4c5c76)c3)ccc2-c2cc3ccccc3cc21. The maximum atomic E-state index is 2.47. The third-order valence-electron chi connectivity index (χ3n) is 13.1. The maximum Gasteiger partial charge on any atom is 0.0435 e. The van der Waals surface area contributed by atoms with Crippen molar-refractivity contribution in [1.29, 1.82) is 0 Å². The molecule has 0 heterocycles. The summed E-state index contributed by atoms with van der Waals surface area (Å²) in [6, 6.07) is 79.1. The van der Waals surface area contributed by atoms with Crippen LogP contribution < -0.4 is 0 Å². The molecule has 0 saturated heterocycles. The molecule has 0 saturated carbocycles. The lowest BCUT2D eigenvalue weighted by Gasteiger charge is -2.29. The molecule has 11 aromatic rings. The van der Waals surface area contributed by atoms with Gasteiger partial charge < -0.3 is 0 Å². The van der Waals surface area contributed by atoms with Crippen LogP contribution in [0, 0.1) is 0 Å². The summed E-state index contributed by atoms with van der Waals surface area (Å²) in [5.41, 5.74) is 16.3. The van der Waals surface area contributed by atoms with Gasteiger partial charge in [0.2, 0.25) is 0 Å². The highest BCUT2D eigenvalue weighted by Crippen LogP contribution is 2.54. The van der Waals surface area contributed by atoms with Gasteiger partial charge in [0.1, 0.15) is 0 Å². The van der Waals surface area contributed by atoms with Crippen LogP contribution in [-0.2, 0) is 5.41 Å². The highest BCUT2D eigenvalue weighted by molar-refractivity contribution is 6.27. The van der Waals surface area contributed by atoms with E-state index in [1.807, 2.05) is 0 Å². The van der Waals surface area contributed by atoms with Crippen molar-refractivity contribution in [3.05, 3.63) is 229 Å². The Morgan fingerprint density at radius 3 is 1.43 bits per heavy atom. The van der Waals surface area contributed by atoms with Crippen molar-refractivity contribution in [2.24, 2.45) is 0 Å². The number of rotatable bonds is 5. The summed E-state index contributed by atoms with van der Waals surface area (Å²) < 4.78 is 0. The predicted octanol–water partition coefficient (Wildman–Crippen LogP) is 15.7. The summed E-state index contributed by atoms with van der Waals surface area (Å²) in [5, 5.41) is 10.4. The van der Waals surface area contributed by atoms with Crippen molar-refractivity contribution >= 4 is 43.1 Å². The Bertz CT molecular complexity index is 3390. The van der Waals surface area contributed by atoms with Gasteiger partial charge in [-0.15, -0.1) is 0 Å². The van der Waals surface area contributed by atoms with Gasteiger partial charge in [-0.25, -0.2) is 0 Å². The molecule has 12 rings (SSSR count). The molecule has 1 aliphatic carbocycles. The largest absolute Gasteiger partial charge is 0.0622 e. The molecule has 0 bridgehead atoms. The van der Waals surface area contributed by atoms with Crippen LogP contribution in [0.3, 0.4) is 0 Å². The van der Waals surface area contributed by atoms with E-state index in [9.17, 15) is 0 Å². The van der Waals surface area contributed by atoms with Gasteiger partial charge >= 0.3 is 0 Å². The van der Waals surface area contributed by atoms with Gasteiger partial charge in [0.15, 0.2) is 0 Å². The molecular formula is C58H38. The van der Waals surface area contributed by atoms with Crippen molar-refractivity contribution in [1.82, 2.24) is 0 Å². The molecule has 0 nitrogen and oxygen atoms in total. The average molecular weight is 735 g/mol. The Hall–Kier alpha value is -7.28. The van der Waals surface area contributed by atoms with E-state index < -0.39 is 0 Å². The smallest absolute Gasteiger partial charge is 0.0435 e. The lowest BCUT2D eigenvalue weighted by molar-refractivity contribution is 0.715. The van der Waals surface area contributed by atoms with Crippen LogP contribution in [-0.4, -0.2) is 0 Å². The third kappa shape index (κ3) is 4.82. The first-order valence-electron chi connectivity index (χ1n) is 20.3. The average Bonchev–Trinajstić information content (AvgIpc) is 3.54. The Balaban J connectivity index is 1.00. The normalized spacial score (nSPS) is 14.7. The van der Waals surface area contributed by atoms with E-state index in [1.54, 1.807) is 0 Å². The molecule has 0 fully saturated rings. The highest BCUT2D eigenvalue weighted by atomic mass is 14.4. The topological polar surface area (TPSA) is 0 Å². The van der Waals surface area contributed by atoms with E-state index >= 15 is 0 Å². The first-order chi connectivity index (χ1) is 28.6. The number of fused-ring (bicyclic) bond motifs is 4. The van der Waals surface area contributed by atoms with Crippen LogP contribution in [0.2, 0.25) is 0 Å². The molecule has 0 spiro atoms. The minimum atomic E-state index is -0.294. The van der Waals surface area contributed by atoms with E-state index in [0.717, 1.165) is 0 Å². The molecule has 1 aliphatic rings. The summed E-state index contributed by atoms with van der Waals surface area (Å²) in [4.78, 5) is 0. The van der Waals surface area contributed by atoms with Crippen LogP contribution in [0.4, 0.5) is 0 Å². The molecule has 0 amide bonds. The van der Waals surface area contributed by atoms with Crippen molar-refractivity contribution in [2.75, 3.05) is 0 Å². The fourth-order valence-electron chi connectivity index (χ4n) is 10.2. The van der Waals surface area contributed by atoms with Crippen LogP contribution in [0.15, 0.2) is 212 Å². The molecular weight excluding hydrogens is 697 g/mol. The summed E-state index contributed by atoms with van der Waals surface area (Å²) in [6.45, 7) is 2.42. The summed E-state index contributed by atoms with van der Waals surface area (Å²) in [5.74, 6) is 0. The summed E-state index contributed by atoms with van der Waals surface area (Å²) in [6.07, 6.45) is 0. The highest BCUT2D eigenvalue weighted by Gasteiger charge is 2.41. The van der Waals surface area contributed by atoms with Crippen LogP contribution in [0.5, 0.6) is 0 Å². The minimum Gasteiger partial charge on any atom is -0.0622 e. The molecule has 0 N–H and O–H groups in total. The summed E-state index contributed by atoms with van der Waals surface area (Å²) >= 11 is 0. The standard InChI is InChI=1S/C58H38/c1-58(45-19-6-3-7-20-45)54-36-44(27-30-50(54)53-34-40-15-8-9-16-41(40)35-55(53)58)47-22-11-10-21-46(47)42-17-12-18-43(33-42)49-29-24-39-25-31-51-48(37-13-4-2-5-14-37)28-23-38-26-32-52(49)57(39)56(38)51/h2-36H,1H3. The molecule has 58 heavy (non-hydrogen) atoms. The maximum absolute atomic E-state index is 2.47. The molecule has 270 valence electrons. The molecule has 0 aromatic heterocycles. The van der Waals surface area contributed by atoms with E-state index in [0.29, 0.717) is 0 Å². The second-order valence-corrected chi connectivity index (χ2v) is 16.1. The van der Waals surface area contributed by atoms with Crippen molar-refractivity contribution in [3.8, 4) is 55.6 Å². The predicted molar refractivity (Wildman–Crippen MR) is 247 cm³/mol. The Morgan fingerprint density at radius 2 is 0.759 bits per heavy atom. The Kier molecular flexibility index (Phi) is 7.16. The van der Waals surface area contributed by atoms with Gasteiger partial charge in [-0.2, -0.15) is 0 Å². The van der Waals surface area contributed by atoms with E-state index in [2.05, 4.69) is 219 Å². The molecule has 1 atom stereocenters. The van der Waals surface area contributed by atoms with Crippen molar-refractivity contribution in [3.63, 3.8) is 0 Å². The third-order valence-corrected chi connectivity index (χ3v) is 13.1. The van der Waals surface area contributed by atoms with Gasteiger partial charge in [0, 0.05) is 5.41 Å². The fourth-order valence-corrected chi connectivity index (χ4v) is 10.2. The fraction of sp³-hybridized carbons (Fsp3) is 0.0345. The van der Waals surface area contributed by atoms with E-state index in [1.165, 1.54) is 115 Å². The molecule has 0 aliphatic heterocycles.